The molecule has 104 valence electrons. The minimum atomic E-state index is -0.908. The number of aliphatic carboxylic acids is 1. The number of carbonyl (C=O) groups is 2. The van der Waals surface area contributed by atoms with Crippen molar-refractivity contribution in [3.63, 3.8) is 0 Å². The molecule has 6 heteroatoms. The highest BCUT2D eigenvalue weighted by molar-refractivity contribution is 7.98. The first-order chi connectivity index (χ1) is 8.45. The van der Waals surface area contributed by atoms with E-state index in [9.17, 15) is 14.7 Å². The molecule has 2 amide bonds. The van der Waals surface area contributed by atoms with Crippen LogP contribution < -0.4 is 5.32 Å². The van der Waals surface area contributed by atoms with Gasteiger partial charge in [0.1, 0.15) is 6.04 Å². The minimum Gasteiger partial charge on any atom is -0.480 e. The number of hydrogen-bond acceptors (Lipinski definition) is 3. The van der Waals surface area contributed by atoms with Gasteiger partial charge in [-0.15, -0.1) is 0 Å². The first-order valence-electron chi connectivity index (χ1n) is 6.24. The zero-order valence-electron chi connectivity index (χ0n) is 11.2. The van der Waals surface area contributed by atoms with E-state index in [2.05, 4.69) is 5.32 Å². The van der Waals surface area contributed by atoms with E-state index in [1.807, 2.05) is 20.1 Å². The molecule has 3 unspecified atom stereocenters. The van der Waals surface area contributed by atoms with Crippen molar-refractivity contribution in [2.24, 2.45) is 5.92 Å². The summed E-state index contributed by atoms with van der Waals surface area (Å²) in [7, 11) is 0. The van der Waals surface area contributed by atoms with Gasteiger partial charge in [0, 0.05) is 18.3 Å². The summed E-state index contributed by atoms with van der Waals surface area (Å²) in [5, 5.41) is 12.0. The fraction of sp³-hybridized carbons (Fsp3) is 0.833. The van der Waals surface area contributed by atoms with Gasteiger partial charge in [0.25, 0.3) is 0 Å². The molecule has 0 aromatic rings. The third-order valence-electron chi connectivity index (χ3n) is 3.20. The maximum absolute atomic E-state index is 12.0. The van der Waals surface area contributed by atoms with E-state index in [1.165, 1.54) is 4.90 Å². The Morgan fingerprint density at radius 1 is 1.56 bits per heavy atom. The monoisotopic (exact) mass is 274 g/mol. The highest BCUT2D eigenvalue weighted by Gasteiger charge is 2.34. The van der Waals surface area contributed by atoms with Gasteiger partial charge in [0.15, 0.2) is 0 Å². The van der Waals surface area contributed by atoms with Gasteiger partial charge in [-0.25, -0.2) is 9.59 Å². The fourth-order valence-corrected chi connectivity index (χ4v) is 2.79. The predicted octanol–water partition coefficient (Wildman–Crippen LogP) is 1.63. The maximum atomic E-state index is 12.0. The van der Waals surface area contributed by atoms with Crippen LogP contribution in [0.15, 0.2) is 0 Å². The minimum absolute atomic E-state index is 0.0568. The van der Waals surface area contributed by atoms with E-state index in [0.717, 1.165) is 12.2 Å². The van der Waals surface area contributed by atoms with E-state index in [-0.39, 0.29) is 12.1 Å². The summed E-state index contributed by atoms with van der Waals surface area (Å²) < 4.78 is 0. The number of nitrogens with zero attached hydrogens (tertiary/aromatic N) is 1. The van der Waals surface area contributed by atoms with Crippen molar-refractivity contribution in [2.75, 3.05) is 18.6 Å². The van der Waals surface area contributed by atoms with Gasteiger partial charge >= 0.3 is 12.0 Å². The molecule has 0 bridgehead atoms. The lowest BCUT2D eigenvalue weighted by atomic mass is 9.93. The number of piperidine rings is 1. The Kier molecular flexibility index (Phi) is 5.78. The van der Waals surface area contributed by atoms with Crippen LogP contribution in [0.2, 0.25) is 0 Å². The average Bonchev–Trinajstić information content (AvgIpc) is 2.28. The largest absolute Gasteiger partial charge is 0.480 e. The molecule has 18 heavy (non-hydrogen) atoms. The van der Waals surface area contributed by atoms with Crippen LogP contribution in [0.1, 0.15) is 26.7 Å². The van der Waals surface area contributed by atoms with Crippen LogP contribution in [-0.4, -0.2) is 52.6 Å². The molecule has 0 aromatic heterocycles. The molecule has 5 nitrogen and oxygen atoms in total. The summed E-state index contributed by atoms with van der Waals surface area (Å²) >= 11 is 1.66. The molecule has 0 aromatic carbocycles. The summed E-state index contributed by atoms with van der Waals surface area (Å²) in [6, 6.07) is -0.882. The molecular weight excluding hydrogens is 252 g/mol. The number of rotatable bonds is 4. The van der Waals surface area contributed by atoms with Crippen molar-refractivity contribution in [1.82, 2.24) is 10.2 Å². The van der Waals surface area contributed by atoms with E-state index in [1.54, 1.807) is 11.8 Å². The molecule has 0 radical (unpaired) electrons. The molecule has 1 rings (SSSR count). The number of carboxylic acid groups (broad SMARTS) is 1. The Balaban J connectivity index is 2.61. The topological polar surface area (TPSA) is 69.6 Å². The number of thioether (sulfide) groups is 1. The first kappa shape index (κ1) is 15.1. The number of nitrogens with one attached hydrogen (secondary N) is 1. The Morgan fingerprint density at radius 3 is 2.78 bits per heavy atom. The fourth-order valence-electron chi connectivity index (χ4n) is 2.20. The average molecular weight is 274 g/mol. The lowest BCUT2D eigenvalue weighted by molar-refractivity contribution is -0.143. The van der Waals surface area contributed by atoms with E-state index >= 15 is 0 Å². The summed E-state index contributed by atoms with van der Waals surface area (Å²) in [5.74, 6) is 0.279. The third-order valence-corrected chi connectivity index (χ3v) is 4.03. The zero-order chi connectivity index (χ0) is 13.7. The smallest absolute Gasteiger partial charge is 0.326 e. The number of carbonyl (C=O) groups excluding carboxylic acids is 1. The van der Waals surface area contributed by atoms with E-state index in [0.29, 0.717) is 18.9 Å². The quantitative estimate of drug-likeness (QED) is 0.817. The number of amides is 2. The van der Waals surface area contributed by atoms with Gasteiger partial charge in [-0.3, -0.25) is 0 Å². The molecule has 1 saturated heterocycles. The molecular formula is C12H22N2O3S. The second-order valence-corrected chi connectivity index (χ2v) is 5.89. The van der Waals surface area contributed by atoms with Crippen molar-refractivity contribution >= 4 is 23.8 Å². The van der Waals surface area contributed by atoms with Gasteiger partial charge in [-0.05, 0) is 31.9 Å². The first-order valence-corrected chi connectivity index (χ1v) is 7.64. The van der Waals surface area contributed by atoms with Crippen LogP contribution in [0.4, 0.5) is 4.79 Å². The molecule has 1 fully saturated rings. The van der Waals surface area contributed by atoms with Crippen LogP contribution >= 0.6 is 11.8 Å². The normalized spacial score (nSPS) is 25.6. The van der Waals surface area contributed by atoms with Crippen LogP contribution in [0.25, 0.3) is 0 Å². The summed E-state index contributed by atoms with van der Waals surface area (Å²) in [6.45, 7) is 4.48. The van der Waals surface area contributed by atoms with Crippen LogP contribution in [-0.2, 0) is 4.79 Å². The number of hydrogen-bond donors (Lipinski definition) is 2. The van der Waals surface area contributed by atoms with Crippen molar-refractivity contribution < 1.29 is 14.7 Å². The van der Waals surface area contributed by atoms with Crippen molar-refractivity contribution in [3.05, 3.63) is 0 Å². The van der Waals surface area contributed by atoms with Crippen molar-refractivity contribution in [1.29, 1.82) is 0 Å². The van der Waals surface area contributed by atoms with E-state index < -0.39 is 12.0 Å². The van der Waals surface area contributed by atoms with Crippen LogP contribution in [0.3, 0.4) is 0 Å². The standard InChI is InChI=1S/C12H22N2O3S/c1-8-4-5-14(10(6-8)11(15)16)12(17)13-9(2)7-18-3/h8-10H,4-7H2,1-3H3,(H,13,17)(H,15,16). The highest BCUT2D eigenvalue weighted by Crippen LogP contribution is 2.22. The Hall–Kier alpha value is -0.910. The summed E-state index contributed by atoms with van der Waals surface area (Å²) in [6.07, 6.45) is 3.39. The van der Waals surface area contributed by atoms with Crippen LogP contribution in [0.5, 0.6) is 0 Å². The van der Waals surface area contributed by atoms with Gasteiger partial charge in [-0.1, -0.05) is 6.92 Å². The summed E-state index contributed by atoms with van der Waals surface area (Å²) in [4.78, 5) is 24.7. The van der Waals surface area contributed by atoms with Crippen molar-refractivity contribution in [2.45, 2.75) is 38.8 Å². The molecule has 0 spiro atoms. The zero-order valence-corrected chi connectivity index (χ0v) is 12.0. The molecule has 1 aliphatic heterocycles. The molecule has 1 heterocycles. The number of carboxylic acids is 1. The second-order valence-electron chi connectivity index (χ2n) is 4.98. The maximum Gasteiger partial charge on any atom is 0.326 e. The molecule has 2 N–H and O–H groups in total. The second kappa shape index (κ2) is 6.87. The van der Waals surface area contributed by atoms with E-state index in [4.69, 9.17) is 0 Å². The lowest BCUT2D eigenvalue weighted by Gasteiger charge is -2.36. The predicted molar refractivity (Wildman–Crippen MR) is 72.9 cm³/mol. The number of likely N-dealkylation sites (tertiary alicyclic amines) is 1. The molecule has 1 aliphatic rings. The highest BCUT2D eigenvalue weighted by atomic mass is 32.2. The number of urea groups is 1. The van der Waals surface area contributed by atoms with Gasteiger partial charge in [-0.2, -0.15) is 11.8 Å². The molecule has 3 atom stereocenters. The van der Waals surface area contributed by atoms with Gasteiger partial charge < -0.3 is 15.3 Å². The lowest BCUT2D eigenvalue weighted by Crippen LogP contribution is -2.54. The molecule has 0 aliphatic carbocycles. The Labute approximate surface area is 112 Å². The van der Waals surface area contributed by atoms with Crippen molar-refractivity contribution in [3.8, 4) is 0 Å². The molecule has 0 saturated carbocycles. The summed E-state index contributed by atoms with van der Waals surface area (Å²) in [5.41, 5.74) is 0. The third kappa shape index (κ3) is 4.08. The van der Waals surface area contributed by atoms with Gasteiger partial charge in [0.2, 0.25) is 0 Å². The van der Waals surface area contributed by atoms with Gasteiger partial charge in [0.05, 0.1) is 0 Å². The Morgan fingerprint density at radius 2 is 2.22 bits per heavy atom. The van der Waals surface area contributed by atoms with Crippen LogP contribution in [0, 0.1) is 5.92 Å². The Bertz CT molecular complexity index is 312. The SMILES string of the molecule is CSCC(C)NC(=O)N1CCC(C)CC1C(=O)O.